The summed E-state index contributed by atoms with van der Waals surface area (Å²) in [7, 11) is 0. The second-order valence-electron chi connectivity index (χ2n) is 9.26. The van der Waals surface area contributed by atoms with E-state index in [0.717, 1.165) is 15.8 Å². The van der Waals surface area contributed by atoms with Gasteiger partial charge in [0.15, 0.2) is 6.61 Å². The molecule has 3 atom stereocenters. The van der Waals surface area contributed by atoms with Crippen LogP contribution in [0.2, 0.25) is 5.02 Å². The number of fused-ring (bicyclic) bond motifs is 2. The van der Waals surface area contributed by atoms with E-state index < -0.39 is 23.0 Å². The Hall–Kier alpha value is -2.90. The monoisotopic (exact) mass is 733 g/mol. The summed E-state index contributed by atoms with van der Waals surface area (Å²) in [5.74, 6) is -2.20. The van der Waals surface area contributed by atoms with Crippen LogP contribution in [-0.4, -0.2) is 34.6 Å². The molecule has 2 aliphatic heterocycles. The molecule has 1 saturated heterocycles. The Kier molecular flexibility index (Phi) is 7.86. The predicted molar refractivity (Wildman–Crippen MR) is 166 cm³/mol. The van der Waals surface area contributed by atoms with Gasteiger partial charge >= 0.3 is 4.87 Å². The van der Waals surface area contributed by atoms with Crippen LogP contribution >= 0.6 is 66.6 Å². The number of halogens is 3. The molecule has 3 aromatic carbocycles. The molecular weight excluding hydrogens is 718 g/mol. The smallest absolute Gasteiger partial charge is 0.305 e. The van der Waals surface area contributed by atoms with Crippen molar-refractivity contribution >= 4 is 95.7 Å². The van der Waals surface area contributed by atoms with Gasteiger partial charge < -0.3 is 15.0 Å². The van der Waals surface area contributed by atoms with Gasteiger partial charge in [-0.3, -0.25) is 19.2 Å². The van der Waals surface area contributed by atoms with Gasteiger partial charge in [0, 0.05) is 36.0 Å². The number of thiazole rings is 1. The molecule has 0 aliphatic carbocycles. The van der Waals surface area contributed by atoms with Crippen molar-refractivity contribution in [3.8, 4) is 5.75 Å². The first-order chi connectivity index (χ1) is 19.7. The number of benzene rings is 3. The predicted octanol–water partition coefficient (Wildman–Crippen LogP) is 6.43. The molecule has 1 aromatic heterocycles. The highest BCUT2D eigenvalue weighted by atomic mass is 79.9. The van der Waals surface area contributed by atoms with E-state index in [9.17, 15) is 19.2 Å². The fraction of sp³-hybridized carbons (Fsp3) is 0.143. The number of nitrogens with zero attached hydrogens (tertiary/aromatic N) is 1. The quantitative estimate of drug-likeness (QED) is 0.221. The minimum atomic E-state index is -0.797. The van der Waals surface area contributed by atoms with Crippen molar-refractivity contribution in [2.45, 2.75) is 16.2 Å². The molecule has 3 amide bonds. The van der Waals surface area contributed by atoms with Crippen LogP contribution in [0.5, 0.6) is 5.75 Å². The first kappa shape index (κ1) is 28.2. The number of carbonyl (C=O) groups excluding carboxylic acids is 3. The van der Waals surface area contributed by atoms with Crippen molar-refractivity contribution in [1.29, 1.82) is 0 Å². The lowest BCUT2D eigenvalue weighted by atomic mass is 9.82. The maximum absolute atomic E-state index is 14.0. The summed E-state index contributed by atoms with van der Waals surface area (Å²) in [5, 5.41) is 3.10. The van der Waals surface area contributed by atoms with Crippen LogP contribution in [0.3, 0.4) is 0 Å². The zero-order chi connectivity index (χ0) is 28.8. The van der Waals surface area contributed by atoms with Crippen molar-refractivity contribution in [2.75, 3.05) is 16.8 Å². The van der Waals surface area contributed by atoms with E-state index in [1.165, 1.54) is 16.7 Å². The topological polar surface area (TPSA) is 109 Å². The molecule has 6 rings (SSSR count). The number of ether oxygens (including phenoxy) is 1. The molecule has 3 heterocycles. The lowest BCUT2D eigenvalue weighted by Crippen LogP contribution is -2.32. The zero-order valence-electron chi connectivity index (χ0n) is 20.7. The molecule has 13 heteroatoms. The molecule has 0 radical (unpaired) electrons. The molecule has 0 saturated carbocycles. The summed E-state index contributed by atoms with van der Waals surface area (Å²) in [6.07, 6.45) is 0. The number of carbonyl (C=O) groups is 3. The Bertz CT molecular complexity index is 1740. The molecule has 208 valence electrons. The number of hydrogen-bond donors (Lipinski definition) is 2. The number of H-pyrrole nitrogens is 1. The normalized spacial score (nSPS) is 19.6. The number of anilines is 2. The molecular formula is C28H18Br2ClN3O5S2. The van der Waals surface area contributed by atoms with Gasteiger partial charge in [-0.1, -0.05) is 66.6 Å². The van der Waals surface area contributed by atoms with E-state index in [1.54, 1.807) is 66.7 Å². The third-order valence-corrected chi connectivity index (χ3v) is 10.4. The van der Waals surface area contributed by atoms with Crippen molar-refractivity contribution in [2.24, 2.45) is 5.92 Å². The van der Waals surface area contributed by atoms with Gasteiger partial charge in [-0.2, -0.15) is 0 Å². The highest BCUT2D eigenvalue weighted by Crippen LogP contribution is 2.54. The molecule has 2 N–H and O–H groups in total. The number of thioether (sulfide) groups is 1. The number of nitrogens with one attached hydrogen (secondary N) is 2. The molecule has 2 aliphatic rings. The fourth-order valence-electron chi connectivity index (χ4n) is 4.96. The highest BCUT2D eigenvalue weighted by Gasteiger charge is 2.56. The van der Waals surface area contributed by atoms with Gasteiger partial charge in [0.1, 0.15) is 11.0 Å². The Balaban J connectivity index is 1.36. The number of amides is 3. The molecule has 8 nitrogen and oxygen atoms in total. The van der Waals surface area contributed by atoms with E-state index in [4.69, 9.17) is 16.3 Å². The van der Waals surface area contributed by atoms with E-state index in [-0.39, 0.29) is 23.3 Å². The Morgan fingerprint density at radius 2 is 1.68 bits per heavy atom. The number of hydrogen-bond acceptors (Lipinski definition) is 7. The van der Waals surface area contributed by atoms with Crippen molar-refractivity contribution < 1.29 is 19.1 Å². The summed E-state index contributed by atoms with van der Waals surface area (Å²) >= 11 is 15.0. The van der Waals surface area contributed by atoms with Gasteiger partial charge in [-0.25, -0.2) is 4.90 Å². The minimum Gasteiger partial charge on any atom is -0.483 e. The Morgan fingerprint density at radius 1 is 0.976 bits per heavy atom. The van der Waals surface area contributed by atoms with Crippen LogP contribution in [0, 0.1) is 5.92 Å². The van der Waals surface area contributed by atoms with Gasteiger partial charge in [0.25, 0.3) is 5.91 Å². The van der Waals surface area contributed by atoms with Crippen LogP contribution in [0.1, 0.15) is 16.4 Å². The lowest BCUT2D eigenvalue weighted by Gasteiger charge is -2.31. The molecule has 4 aromatic rings. The van der Waals surface area contributed by atoms with Crippen LogP contribution in [0.15, 0.2) is 85.5 Å². The second-order valence-corrected chi connectivity index (χ2v) is 13.7. The fourth-order valence-corrected chi connectivity index (χ4v) is 8.24. The van der Waals surface area contributed by atoms with E-state index in [0.29, 0.717) is 42.1 Å². The molecule has 0 spiro atoms. The first-order valence-corrected chi connectivity index (χ1v) is 15.9. The highest BCUT2D eigenvalue weighted by molar-refractivity contribution is 9.10. The zero-order valence-corrected chi connectivity index (χ0v) is 26.3. The van der Waals surface area contributed by atoms with Crippen molar-refractivity contribution in [3.05, 3.63) is 101 Å². The number of aromatic amines is 1. The van der Waals surface area contributed by atoms with Crippen LogP contribution in [-0.2, 0) is 14.4 Å². The third kappa shape index (κ3) is 5.51. The maximum atomic E-state index is 14.0. The van der Waals surface area contributed by atoms with Gasteiger partial charge in [0.2, 0.25) is 11.8 Å². The molecule has 0 unspecified atom stereocenters. The first-order valence-electron chi connectivity index (χ1n) is 12.2. The second kappa shape index (κ2) is 11.4. The number of rotatable bonds is 6. The summed E-state index contributed by atoms with van der Waals surface area (Å²) in [6.45, 7) is -0.305. The summed E-state index contributed by atoms with van der Waals surface area (Å²) in [4.78, 5) is 57.2. The average molecular weight is 736 g/mol. The van der Waals surface area contributed by atoms with E-state index >= 15 is 0 Å². The standard InChI is InChI=1S/C28H18Br2ClN3O5S2/c29-13-1-8-17(9-2-13)34-26(36)22-21(23-25(33-28(38)41-23)40-24(22)27(34)37)18-11-14(30)3-10-19(18)39-12-20(35)32-16-6-4-15(31)5-7-16/h1-11,21-22,24H,12H2,(H,32,35)(H,33,38)/t21-,22-,24+/m0/s1. The third-order valence-electron chi connectivity index (χ3n) is 6.70. The van der Waals surface area contributed by atoms with Gasteiger partial charge in [0.05, 0.1) is 16.6 Å². The largest absolute Gasteiger partial charge is 0.483 e. The molecule has 41 heavy (non-hydrogen) atoms. The average Bonchev–Trinajstić information content (AvgIpc) is 3.44. The summed E-state index contributed by atoms with van der Waals surface area (Å²) < 4.78 is 7.53. The minimum absolute atomic E-state index is 0.281. The Labute approximate surface area is 263 Å². The van der Waals surface area contributed by atoms with Crippen molar-refractivity contribution in [1.82, 2.24) is 4.98 Å². The number of imide groups is 1. The van der Waals surface area contributed by atoms with E-state index in [1.807, 2.05) is 0 Å². The van der Waals surface area contributed by atoms with Crippen LogP contribution in [0.25, 0.3) is 0 Å². The summed E-state index contributed by atoms with van der Waals surface area (Å²) in [6, 6.07) is 18.9. The van der Waals surface area contributed by atoms with Gasteiger partial charge in [-0.15, -0.1) is 0 Å². The van der Waals surface area contributed by atoms with E-state index in [2.05, 4.69) is 42.2 Å². The lowest BCUT2D eigenvalue weighted by molar-refractivity contribution is -0.122. The SMILES string of the molecule is O=C(COc1ccc(Br)cc1[C@@H]1c2sc(=O)[nH]c2S[C@H]2C(=O)N(c3ccc(Br)cc3)C(=O)[C@@H]12)Nc1ccc(Cl)cc1. The van der Waals surface area contributed by atoms with Crippen LogP contribution in [0.4, 0.5) is 11.4 Å². The molecule has 0 bridgehead atoms. The maximum Gasteiger partial charge on any atom is 0.305 e. The molecule has 1 fully saturated rings. The van der Waals surface area contributed by atoms with Crippen LogP contribution < -0.4 is 19.8 Å². The number of aromatic nitrogens is 1. The van der Waals surface area contributed by atoms with Gasteiger partial charge in [-0.05, 0) is 66.7 Å². The Morgan fingerprint density at radius 3 is 2.41 bits per heavy atom. The summed E-state index contributed by atoms with van der Waals surface area (Å²) in [5.41, 5.74) is 1.62. The van der Waals surface area contributed by atoms with Crippen molar-refractivity contribution in [3.63, 3.8) is 0 Å².